The Hall–Kier alpha value is -0.840. The average Bonchev–Trinajstić information content (AvgIpc) is 2.31. The molecule has 18 heavy (non-hydrogen) atoms. The molecule has 3 atom stereocenters. The molecule has 0 spiro atoms. The number of methoxy groups -OCH3 is 1. The smallest absolute Gasteiger partial charge is 0.147 e. The van der Waals surface area contributed by atoms with Crippen LogP contribution in [0.15, 0.2) is 18.2 Å². The summed E-state index contributed by atoms with van der Waals surface area (Å²) >= 11 is 5.97. The van der Waals surface area contributed by atoms with Crippen molar-refractivity contribution in [1.82, 2.24) is 0 Å². The molecule has 0 amide bonds. The van der Waals surface area contributed by atoms with Gasteiger partial charge in [0.1, 0.15) is 11.9 Å². The van der Waals surface area contributed by atoms with Gasteiger partial charge in [-0.15, -0.1) is 0 Å². The minimum Gasteiger partial charge on any atom is -0.377 e. The van der Waals surface area contributed by atoms with Crippen LogP contribution in [0, 0.1) is 5.82 Å². The van der Waals surface area contributed by atoms with E-state index in [1.54, 1.807) is 19.2 Å². The van der Waals surface area contributed by atoms with Gasteiger partial charge >= 0.3 is 0 Å². The maximum Gasteiger partial charge on any atom is 0.147 e. The molecule has 0 aliphatic heterocycles. The van der Waals surface area contributed by atoms with Crippen LogP contribution in [0.2, 0.25) is 5.02 Å². The number of halogens is 2. The Morgan fingerprint density at radius 1 is 1.50 bits per heavy atom. The van der Waals surface area contributed by atoms with E-state index in [0.29, 0.717) is 17.3 Å². The summed E-state index contributed by atoms with van der Waals surface area (Å²) in [5.74, 6) is -0.350. The van der Waals surface area contributed by atoms with Crippen molar-refractivity contribution in [3.8, 4) is 0 Å². The van der Waals surface area contributed by atoms with E-state index in [4.69, 9.17) is 21.1 Å². The second-order valence-electron chi connectivity index (χ2n) is 4.28. The van der Waals surface area contributed by atoms with Crippen LogP contribution in [0.4, 0.5) is 10.1 Å². The molecule has 1 fully saturated rings. The highest BCUT2D eigenvalue weighted by Crippen LogP contribution is 2.33. The first-order chi connectivity index (χ1) is 8.67. The van der Waals surface area contributed by atoms with Crippen LogP contribution < -0.4 is 5.32 Å². The lowest BCUT2D eigenvalue weighted by Crippen LogP contribution is -2.57. The van der Waals surface area contributed by atoms with Gasteiger partial charge in [0.2, 0.25) is 0 Å². The van der Waals surface area contributed by atoms with E-state index in [-0.39, 0.29) is 24.1 Å². The fraction of sp³-hybridized carbons (Fsp3) is 0.538. The molecule has 0 saturated heterocycles. The van der Waals surface area contributed by atoms with Crippen molar-refractivity contribution in [1.29, 1.82) is 0 Å². The fourth-order valence-corrected chi connectivity index (χ4v) is 2.45. The van der Waals surface area contributed by atoms with Crippen LogP contribution in [0.3, 0.4) is 0 Å². The van der Waals surface area contributed by atoms with Crippen LogP contribution in [0.1, 0.15) is 13.3 Å². The van der Waals surface area contributed by atoms with Crippen molar-refractivity contribution >= 4 is 17.3 Å². The molecule has 3 nitrogen and oxygen atoms in total. The van der Waals surface area contributed by atoms with Crippen LogP contribution >= 0.6 is 11.6 Å². The van der Waals surface area contributed by atoms with E-state index < -0.39 is 0 Å². The minimum absolute atomic E-state index is 0.0287. The van der Waals surface area contributed by atoms with Crippen molar-refractivity contribution in [2.75, 3.05) is 19.0 Å². The molecule has 1 N–H and O–H groups in total. The second-order valence-corrected chi connectivity index (χ2v) is 4.68. The van der Waals surface area contributed by atoms with Crippen molar-refractivity contribution in [2.24, 2.45) is 0 Å². The van der Waals surface area contributed by atoms with Gasteiger partial charge in [-0.1, -0.05) is 17.7 Å². The summed E-state index contributed by atoms with van der Waals surface area (Å²) in [5.41, 5.74) is 0.334. The number of para-hydroxylation sites is 1. The summed E-state index contributed by atoms with van der Waals surface area (Å²) in [7, 11) is 1.63. The molecule has 0 heterocycles. The highest BCUT2D eigenvalue weighted by Gasteiger charge is 2.42. The number of anilines is 1. The zero-order valence-electron chi connectivity index (χ0n) is 10.5. The quantitative estimate of drug-likeness (QED) is 0.894. The molecular weight excluding hydrogens is 257 g/mol. The third-order valence-electron chi connectivity index (χ3n) is 3.19. The second kappa shape index (κ2) is 5.87. The first-order valence-electron chi connectivity index (χ1n) is 6.02. The Morgan fingerprint density at radius 3 is 2.89 bits per heavy atom. The van der Waals surface area contributed by atoms with Crippen molar-refractivity contribution in [3.05, 3.63) is 29.0 Å². The van der Waals surface area contributed by atoms with E-state index in [1.807, 2.05) is 6.92 Å². The first kappa shape index (κ1) is 13.6. The van der Waals surface area contributed by atoms with Gasteiger partial charge < -0.3 is 14.8 Å². The molecule has 1 saturated carbocycles. The Kier molecular flexibility index (Phi) is 4.43. The Bertz CT molecular complexity index is 396. The SMILES string of the molecule is CCOC1CC(Nc2c(F)cccc2Cl)C1OC. The monoisotopic (exact) mass is 273 g/mol. The molecule has 1 aliphatic rings. The zero-order chi connectivity index (χ0) is 13.1. The number of benzene rings is 1. The predicted molar refractivity (Wildman–Crippen MR) is 69.6 cm³/mol. The van der Waals surface area contributed by atoms with Crippen LogP contribution in [0.5, 0.6) is 0 Å². The molecule has 2 rings (SSSR count). The Morgan fingerprint density at radius 2 is 2.28 bits per heavy atom. The lowest BCUT2D eigenvalue weighted by Gasteiger charge is -2.43. The molecule has 100 valence electrons. The van der Waals surface area contributed by atoms with E-state index in [2.05, 4.69) is 5.32 Å². The number of rotatable bonds is 5. The normalized spacial score (nSPS) is 26.8. The van der Waals surface area contributed by atoms with Gasteiger partial charge in [-0.05, 0) is 25.5 Å². The zero-order valence-corrected chi connectivity index (χ0v) is 11.2. The van der Waals surface area contributed by atoms with E-state index >= 15 is 0 Å². The Labute approximate surface area is 111 Å². The molecule has 1 aromatic rings. The van der Waals surface area contributed by atoms with Crippen LogP contribution in [-0.4, -0.2) is 32.0 Å². The van der Waals surface area contributed by atoms with Gasteiger partial charge in [-0.3, -0.25) is 0 Å². The lowest BCUT2D eigenvalue weighted by molar-refractivity contribution is -0.118. The van der Waals surface area contributed by atoms with E-state index in [9.17, 15) is 4.39 Å². The van der Waals surface area contributed by atoms with Gasteiger partial charge in [0, 0.05) is 13.7 Å². The Balaban J connectivity index is 2.03. The van der Waals surface area contributed by atoms with Gasteiger partial charge in [-0.2, -0.15) is 0 Å². The van der Waals surface area contributed by atoms with Gasteiger partial charge in [0.15, 0.2) is 0 Å². The summed E-state index contributed by atoms with van der Waals surface area (Å²) in [6, 6.07) is 4.66. The number of nitrogens with one attached hydrogen (secondary N) is 1. The standard InChI is InChI=1S/C13H17ClFNO2/c1-3-18-11-7-10(13(11)17-2)16-12-8(14)5-4-6-9(12)15/h4-6,10-11,13,16H,3,7H2,1-2H3. The molecule has 1 aromatic carbocycles. The molecule has 0 radical (unpaired) electrons. The van der Waals surface area contributed by atoms with Crippen molar-refractivity contribution in [3.63, 3.8) is 0 Å². The lowest BCUT2D eigenvalue weighted by atomic mass is 9.85. The van der Waals surface area contributed by atoms with E-state index in [0.717, 1.165) is 6.42 Å². The molecule has 3 unspecified atom stereocenters. The van der Waals surface area contributed by atoms with Crippen molar-refractivity contribution in [2.45, 2.75) is 31.6 Å². The maximum absolute atomic E-state index is 13.6. The van der Waals surface area contributed by atoms with Gasteiger partial charge in [0.05, 0.1) is 22.9 Å². The maximum atomic E-state index is 13.6. The van der Waals surface area contributed by atoms with Crippen molar-refractivity contribution < 1.29 is 13.9 Å². The average molecular weight is 274 g/mol. The summed E-state index contributed by atoms with van der Waals surface area (Å²) in [5, 5.41) is 3.47. The number of hydrogen-bond acceptors (Lipinski definition) is 3. The molecular formula is C13H17ClFNO2. The number of hydrogen-bond donors (Lipinski definition) is 1. The van der Waals surface area contributed by atoms with Gasteiger partial charge in [0.25, 0.3) is 0 Å². The summed E-state index contributed by atoms with van der Waals surface area (Å²) < 4.78 is 24.5. The number of ether oxygens (including phenoxy) is 2. The van der Waals surface area contributed by atoms with Gasteiger partial charge in [-0.25, -0.2) is 4.39 Å². The largest absolute Gasteiger partial charge is 0.377 e. The third kappa shape index (κ3) is 2.60. The van der Waals surface area contributed by atoms with E-state index in [1.165, 1.54) is 6.07 Å². The summed E-state index contributed by atoms with van der Waals surface area (Å²) in [4.78, 5) is 0. The van der Waals surface area contributed by atoms with Crippen LogP contribution in [0.25, 0.3) is 0 Å². The summed E-state index contributed by atoms with van der Waals surface area (Å²) in [6.07, 6.45) is 0.792. The summed E-state index contributed by atoms with van der Waals surface area (Å²) in [6.45, 7) is 2.60. The molecule has 0 bridgehead atoms. The molecule has 0 aromatic heterocycles. The third-order valence-corrected chi connectivity index (χ3v) is 3.51. The minimum atomic E-state index is -0.350. The fourth-order valence-electron chi connectivity index (χ4n) is 2.24. The first-order valence-corrected chi connectivity index (χ1v) is 6.40. The topological polar surface area (TPSA) is 30.5 Å². The van der Waals surface area contributed by atoms with Crippen LogP contribution in [-0.2, 0) is 9.47 Å². The predicted octanol–water partition coefficient (Wildman–Crippen LogP) is 3.08. The molecule has 5 heteroatoms. The highest BCUT2D eigenvalue weighted by molar-refractivity contribution is 6.33. The highest BCUT2D eigenvalue weighted by atomic mass is 35.5. The molecule has 1 aliphatic carbocycles.